The number of aromatic nitrogens is 3. The highest BCUT2D eigenvalue weighted by atomic mass is 35.5. The van der Waals surface area contributed by atoms with Crippen LogP contribution in [0.2, 0.25) is 10.3 Å². The molecule has 2 aromatic heterocycles. The van der Waals surface area contributed by atoms with Crippen LogP contribution in [0, 0.1) is 5.92 Å². The Bertz CT molecular complexity index is 1860. The molecule has 0 spiro atoms. The number of para-hydroxylation sites is 1. The van der Waals surface area contributed by atoms with Gasteiger partial charge in [0.1, 0.15) is 10.0 Å². The fourth-order valence-corrected chi connectivity index (χ4v) is 6.84. The molecule has 0 bridgehead atoms. The number of sulfonamides is 1. The van der Waals surface area contributed by atoms with Crippen LogP contribution in [0.25, 0.3) is 10.9 Å². The largest absolute Gasteiger partial charge is 0.392 e. The highest BCUT2D eigenvalue weighted by Crippen LogP contribution is 2.42. The van der Waals surface area contributed by atoms with E-state index in [0.29, 0.717) is 17.2 Å². The first-order valence-corrected chi connectivity index (χ1v) is 16.3. The summed E-state index contributed by atoms with van der Waals surface area (Å²) >= 11 is 12.5. The first kappa shape index (κ1) is 30.7. The number of hydrogen-bond acceptors (Lipinski definition) is 7. The topological polar surface area (TPSA) is 116 Å². The average Bonchev–Trinajstić information content (AvgIpc) is 3.37. The Hall–Kier alpha value is -3.35. The Morgan fingerprint density at radius 1 is 0.909 bits per heavy atom. The summed E-state index contributed by atoms with van der Waals surface area (Å²) in [4.78, 5) is 8.49. The van der Waals surface area contributed by atoms with Gasteiger partial charge in [-0.15, -0.1) is 0 Å². The summed E-state index contributed by atoms with van der Waals surface area (Å²) < 4.78 is 43.7. The van der Waals surface area contributed by atoms with Gasteiger partial charge in [0.2, 0.25) is 10.0 Å². The maximum Gasteiger partial charge on any atom is 0.243 e. The van der Waals surface area contributed by atoms with E-state index < -0.39 is 16.3 Å². The monoisotopic (exact) mass is 652 g/mol. The Morgan fingerprint density at radius 3 is 2.32 bits per heavy atom. The van der Waals surface area contributed by atoms with Crippen LogP contribution >= 0.6 is 23.2 Å². The van der Waals surface area contributed by atoms with Gasteiger partial charge in [-0.1, -0.05) is 96.9 Å². The molecule has 44 heavy (non-hydrogen) atoms. The van der Waals surface area contributed by atoms with Crippen molar-refractivity contribution in [2.45, 2.75) is 50.0 Å². The zero-order valence-corrected chi connectivity index (χ0v) is 26.0. The summed E-state index contributed by atoms with van der Waals surface area (Å²) in [5, 5.41) is 10.8. The van der Waals surface area contributed by atoms with Crippen molar-refractivity contribution in [2.75, 3.05) is 0 Å². The molecule has 9 nitrogen and oxygen atoms in total. The number of ether oxygens (including phenoxy) is 2. The van der Waals surface area contributed by atoms with E-state index in [0.717, 1.165) is 27.6 Å². The highest BCUT2D eigenvalue weighted by Gasteiger charge is 2.39. The van der Waals surface area contributed by atoms with E-state index in [-0.39, 0.29) is 41.3 Å². The lowest BCUT2D eigenvalue weighted by atomic mass is 9.90. The molecule has 0 radical (unpaired) electrons. The van der Waals surface area contributed by atoms with Gasteiger partial charge in [0.25, 0.3) is 0 Å². The molecule has 0 amide bonds. The number of nitrogens with one attached hydrogen (secondary N) is 1. The number of fused-ring (bicyclic) bond motifs is 1. The van der Waals surface area contributed by atoms with E-state index in [1.165, 1.54) is 0 Å². The van der Waals surface area contributed by atoms with Crippen molar-refractivity contribution in [1.82, 2.24) is 19.3 Å². The third-order valence-corrected chi connectivity index (χ3v) is 10.0. The van der Waals surface area contributed by atoms with Crippen LogP contribution in [-0.2, 0) is 39.2 Å². The fraction of sp³-hybridized carbons (Fsp3) is 0.250. The molecule has 4 atom stereocenters. The van der Waals surface area contributed by atoms with Crippen LogP contribution in [0.5, 0.6) is 0 Å². The molecule has 4 unspecified atom stereocenters. The number of nitrogens with zero attached hydrogens (tertiary/aromatic N) is 3. The van der Waals surface area contributed by atoms with Crippen LogP contribution in [0.4, 0.5) is 0 Å². The van der Waals surface area contributed by atoms with E-state index in [9.17, 15) is 13.5 Å². The van der Waals surface area contributed by atoms with Gasteiger partial charge in [-0.3, -0.25) is 4.98 Å². The smallest absolute Gasteiger partial charge is 0.243 e. The molecule has 3 heterocycles. The molecule has 12 heteroatoms. The highest BCUT2D eigenvalue weighted by molar-refractivity contribution is 7.89. The Morgan fingerprint density at radius 2 is 1.61 bits per heavy atom. The van der Waals surface area contributed by atoms with E-state index in [2.05, 4.69) is 21.6 Å². The number of pyridine rings is 1. The molecule has 5 aromatic rings. The van der Waals surface area contributed by atoms with E-state index >= 15 is 0 Å². The first-order chi connectivity index (χ1) is 21.2. The van der Waals surface area contributed by atoms with Crippen LogP contribution in [0.1, 0.15) is 41.6 Å². The molecule has 0 aliphatic carbocycles. The number of benzene rings is 3. The minimum absolute atomic E-state index is 0.0447. The normalized spacial score (nSPS) is 20.6. The Kier molecular flexibility index (Phi) is 9.02. The second-order valence-corrected chi connectivity index (χ2v) is 13.1. The van der Waals surface area contributed by atoms with Crippen LogP contribution < -0.4 is 4.72 Å². The zero-order chi connectivity index (χ0) is 30.8. The third-order valence-electron chi connectivity index (χ3n) is 7.84. The van der Waals surface area contributed by atoms with Gasteiger partial charge in [0.05, 0.1) is 37.2 Å². The summed E-state index contributed by atoms with van der Waals surface area (Å²) in [6.07, 6.45) is 1.84. The number of aliphatic hydroxyl groups excluding tert-OH is 1. The molecule has 1 fully saturated rings. The van der Waals surface area contributed by atoms with Gasteiger partial charge in [-0.05, 0) is 28.8 Å². The molecular formula is C32H30Cl2N4O5S. The minimum Gasteiger partial charge on any atom is -0.392 e. The number of halogens is 2. The molecule has 228 valence electrons. The summed E-state index contributed by atoms with van der Waals surface area (Å²) in [5.41, 5.74) is 3.73. The lowest BCUT2D eigenvalue weighted by Gasteiger charge is -2.41. The molecular weight excluding hydrogens is 623 g/mol. The SMILES string of the molecule is CC1C(Cn2cnc(Cl)c2Cl)OC(c2ccc(CNS(=O)(=O)c3cccc4cccnc34)cc2)OC1c1ccc(CO)cc1. The molecule has 2 N–H and O–H groups in total. The fourth-order valence-electron chi connectivity index (χ4n) is 5.33. The molecule has 1 aliphatic rings. The third kappa shape index (κ3) is 6.38. The van der Waals surface area contributed by atoms with E-state index in [1.54, 1.807) is 35.3 Å². The second kappa shape index (κ2) is 12.9. The Balaban J connectivity index is 1.21. The van der Waals surface area contributed by atoms with Crippen LogP contribution in [0.3, 0.4) is 0 Å². The number of aliphatic hydroxyl groups is 1. The number of imidazole rings is 1. The van der Waals surface area contributed by atoms with Crippen molar-refractivity contribution in [3.05, 3.63) is 124 Å². The van der Waals surface area contributed by atoms with Gasteiger partial charge in [0.15, 0.2) is 11.4 Å². The van der Waals surface area contributed by atoms with Crippen LogP contribution in [-0.4, -0.2) is 34.2 Å². The van der Waals surface area contributed by atoms with Gasteiger partial charge in [-0.2, -0.15) is 0 Å². The summed E-state index contributed by atoms with van der Waals surface area (Å²) in [6, 6.07) is 23.8. The zero-order valence-electron chi connectivity index (χ0n) is 23.7. The van der Waals surface area contributed by atoms with Gasteiger partial charge in [-0.25, -0.2) is 18.1 Å². The molecule has 1 saturated heterocycles. The van der Waals surface area contributed by atoms with Crippen molar-refractivity contribution >= 4 is 44.1 Å². The quantitative estimate of drug-likeness (QED) is 0.195. The maximum atomic E-state index is 13.2. The summed E-state index contributed by atoms with van der Waals surface area (Å²) in [6.45, 7) is 2.51. The predicted molar refractivity (Wildman–Crippen MR) is 167 cm³/mol. The summed E-state index contributed by atoms with van der Waals surface area (Å²) in [7, 11) is -3.81. The van der Waals surface area contributed by atoms with Crippen molar-refractivity contribution in [2.24, 2.45) is 5.92 Å². The van der Waals surface area contributed by atoms with Crippen molar-refractivity contribution in [1.29, 1.82) is 0 Å². The van der Waals surface area contributed by atoms with Crippen molar-refractivity contribution in [3.63, 3.8) is 0 Å². The minimum atomic E-state index is -3.81. The second-order valence-electron chi connectivity index (χ2n) is 10.7. The maximum absolute atomic E-state index is 13.2. The average molecular weight is 654 g/mol. The number of rotatable bonds is 9. The molecule has 0 saturated carbocycles. The van der Waals surface area contributed by atoms with Crippen molar-refractivity contribution < 1.29 is 23.0 Å². The lowest BCUT2D eigenvalue weighted by molar-refractivity contribution is -0.276. The van der Waals surface area contributed by atoms with Gasteiger partial charge >= 0.3 is 0 Å². The standard InChI is InChI=1S/C32H30Cl2N4O5S/c1-20-26(17-38-19-36-30(33)31(38)34)42-32(43-29(20)24-11-9-22(18-39)10-12-24)25-13-7-21(8-14-25)16-37-44(40,41)27-6-2-4-23-5-3-15-35-28(23)27/h2-15,19-20,26,29,32,37,39H,16-18H2,1H3. The molecule has 3 aromatic carbocycles. The van der Waals surface area contributed by atoms with E-state index in [1.807, 2.05) is 60.7 Å². The van der Waals surface area contributed by atoms with Crippen molar-refractivity contribution in [3.8, 4) is 0 Å². The first-order valence-electron chi connectivity index (χ1n) is 14.0. The Labute approximate surface area is 265 Å². The molecule has 6 rings (SSSR count). The lowest BCUT2D eigenvalue weighted by Crippen LogP contribution is -2.39. The summed E-state index contributed by atoms with van der Waals surface area (Å²) in [5.74, 6) is -0.0688. The van der Waals surface area contributed by atoms with E-state index in [4.69, 9.17) is 32.7 Å². The number of hydrogen-bond donors (Lipinski definition) is 2. The predicted octanol–water partition coefficient (Wildman–Crippen LogP) is 6.20. The van der Waals surface area contributed by atoms with Gasteiger partial charge in [0, 0.05) is 29.6 Å². The van der Waals surface area contributed by atoms with Gasteiger partial charge < -0.3 is 19.1 Å². The molecule has 1 aliphatic heterocycles. The van der Waals surface area contributed by atoms with Crippen LogP contribution in [0.15, 0.2) is 96.3 Å².